The third-order valence-electron chi connectivity index (χ3n) is 6.53. The number of aliphatic imine (C=N–C) groups is 1. The molecule has 168 valence electrons. The summed E-state index contributed by atoms with van der Waals surface area (Å²) in [6, 6.07) is 9.20. The predicted molar refractivity (Wildman–Crippen MR) is 132 cm³/mol. The second-order valence-corrected chi connectivity index (χ2v) is 8.47. The van der Waals surface area contributed by atoms with E-state index < -0.39 is 0 Å². The lowest BCUT2D eigenvalue weighted by molar-refractivity contribution is 0.0992. The number of nitrogens with one attached hydrogen (secondary N) is 2. The summed E-state index contributed by atoms with van der Waals surface area (Å²) in [5.41, 5.74) is 1.32. The van der Waals surface area contributed by atoms with Gasteiger partial charge in [-0.3, -0.25) is 9.89 Å². The van der Waals surface area contributed by atoms with Gasteiger partial charge in [0.15, 0.2) is 5.96 Å². The van der Waals surface area contributed by atoms with Crippen molar-refractivity contribution >= 4 is 29.9 Å². The number of hydrogen-bond acceptors (Lipinski definition) is 4. The van der Waals surface area contributed by atoms with Gasteiger partial charge in [0.25, 0.3) is 0 Å². The van der Waals surface area contributed by atoms with Crippen LogP contribution >= 0.6 is 24.0 Å². The number of hydrogen-bond donors (Lipinski definition) is 2. The third-order valence-corrected chi connectivity index (χ3v) is 6.53. The highest BCUT2D eigenvalue weighted by Gasteiger charge is 2.41. The van der Waals surface area contributed by atoms with Gasteiger partial charge in [0.1, 0.15) is 5.75 Å². The van der Waals surface area contributed by atoms with Gasteiger partial charge in [0.05, 0.1) is 37.9 Å². The molecule has 4 atom stereocenters. The summed E-state index contributed by atoms with van der Waals surface area (Å²) in [5.74, 6) is 1.82. The average Bonchev–Trinajstić information content (AvgIpc) is 3.38. The smallest absolute Gasteiger partial charge is 0.191 e. The zero-order valence-electron chi connectivity index (χ0n) is 18.3. The Morgan fingerprint density at radius 2 is 1.97 bits per heavy atom. The Kier molecular flexibility index (Phi) is 9.07. The number of piperidine rings is 1. The molecular formula is C23H37IN4O2. The minimum absolute atomic E-state index is 0. The summed E-state index contributed by atoms with van der Waals surface area (Å²) in [7, 11) is 1.72. The van der Waals surface area contributed by atoms with E-state index >= 15 is 0 Å². The number of rotatable bonds is 7. The molecule has 0 saturated carbocycles. The standard InChI is InChI=1S/C23H36N4O2.HI/c1-3-24-23(26-20-15-19-11-12-22(20)29-19)25-16-21(27-13-5-4-6-14-27)17-7-9-18(28-2)10-8-17;/h7-10,19-22H,3-6,11-16H2,1-2H3,(H2,24,25,26);1H. The van der Waals surface area contributed by atoms with Crippen LogP contribution in [0.2, 0.25) is 0 Å². The van der Waals surface area contributed by atoms with E-state index in [2.05, 4.69) is 46.7 Å². The Hall–Kier alpha value is -1.06. The lowest BCUT2D eigenvalue weighted by Crippen LogP contribution is -2.47. The first-order valence-corrected chi connectivity index (χ1v) is 11.3. The first-order valence-electron chi connectivity index (χ1n) is 11.3. The van der Waals surface area contributed by atoms with Crippen molar-refractivity contribution in [2.24, 2.45) is 4.99 Å². The van der Waals surface area contributed by atoms with E-state index in [1.165, 1.54) is 37.7 Å². The number of halogens is 1. The monoisotopic (exact) mass is 528 g/mol. The minimum atomic E-state index is 0. The predicted octanol–water partition coefficient (Wildman–Crippen LogP) is 3.72. The third kappa shape index (κ3) is 5.79. The van der Waals surface area contributed by atoms with Crippen molar-refractivity contribution in [2.75, 3.05) is 33.3 Å². The summed E-state index contributed by atoms with van der Waals surface area (Å²) in [4.78, 5) is 7.62. The van der Waals surface area contributed by atoms with E-state index in [4.69, 9.17) is 14.5 Å². The fourth-order valence-electron chi connectivity index (χ4n) is 4.95. The van der Waals surface area contributed by atoms with Gasteiger partial charge in [-0.15, -0.1) is 24.0 Å². The first kappa shape index (κ1) is 23.6. The maximum absolute atomic E-state index is 6.01. The normalized spacial score (nSPS) is 27.4. The first-order chi connectivity index (χ1) is 14.3. The van der Waals surface area contributed by atoms with E-state index in [0.717, 1.165) is 44.3 Å². The molecule has 1 aromatic carbocycles. The van der Waals surface area contributed by atoms with Gasteiger partial charge < -0.3 is 20.1 Å². The number of likely N-dealkylation sites (tertiary alicyclic amines) is 1. The summed E-state index contributed by atoms with van der Waals surface area (Å²) in [6.07, 6.45) is 8.17. The molecule has 3 aliphatic heterocycles. The molecule has 30 heavy (non-hydrogen) atoms. The Labute approximate surface area is 198 Å². The van der Waals surface area contributed by atoms with Gasteiger partial charge >= 0.3 is 0 Å². The molecule has 3 aliphatic rings. The van der Waals surface area contributed by atoms with E-state index in [9.17, 15) is 0 Å². The van der Waals surface area contributed by atoms with Crippen LogP contribution in [0.4, 0.5) is 0 Å². The molecule has 7 heteroatoms. The van der Waals surface area contributed by atoms with E-state index in [1.807, 2.05) is 0 Å². The summed E-state index contributed by atoms with van der Waals surface area (Å²) < 4.78 is 11.4. The van der Waals surface area contributed by atoms with Crippen LogP contribution in [-0.4, -0.2) is 62.4 Å². The van der Waals surface area contributed by atoms with Crippen molar-refractivity contribution in [1.29, 1.82) is 0 Å². The minimum Gasteiger partial charge on any atom is -0.497 e. The Balaban J connectivity index is 0.00000256. The summed E-state index contributed by atoms with van der Waals surface area (Å²) >= 11 is 0. The molecule has 3 fully saturated rings. The second kappa shape index (κ2) is 11.5. The SMILES string of the molecule is CCNC(=NCC(c1ccc(OC)cc1)N1CCCCC1)NC1CC2CCC1O2.I. The maximum Gasteiger partial charge on any atom is 0.191 e. The van der Waals surface area contributed by atoms with Crippen molar-refractivity contribution in [3.8, 4) is 5.75 Å². The fourth-order valence-corrected chi connectivity index (χ4v) is 4.95. The summed E-state index contributed by atoms with van der Waals surface area (Å²) in [6.45, 7) is 6.04. The molecule has 6 nitrogen and oxygen atoms in total. The van der Waals surface area contributed by atoms with Crippen molar-refractivity contribution in [3.05, 3.63) is 29.8 Å². The van der Waals surface area contributed by atoms with Crippen LogP contribution in [-0.2, 0) is 4.74 Å². The molecular weight excluding hydrogens is 491 g/mol. The molecule has 0 aliphatic carbocycles. The molecule has 3 saturated heterocycles. The molecule has 2 N–H and O–H groups in total. The average molecular weight is 528 g/mol. The Bertz CT molecular complexity index is 678. The van der Waals surface area contributed by atoms with E-state index in [0.29, 0.717) is 24.3 Å². The Morgan fingerprint density at radius 3 is 2.57 bits per heavy atom. The quantitative estimate of drug-likeness (QED) is 0.321. The number of methoxy groups -OCH3 is 1. The van der Waals surface area contributed by atoms with Crippen LogP contribution in [0.1, 0.15) is 57.1 Å². The summed E-state index contributed by atoms with van der Waals surface area (Å²) in [5, 5.41) is 7.09. The molecule has 1 aromatic rings. The molecule has 4 unspecified atom stereocenters. The lowest BCUT2D eigenvalue weighted by Gasteiger charge is -2.34. The van der Waals surface area contributed by atoms with Crippen LogP contribution < -0.4 is 15.4 Å². The fraction of sp³-hybridized carbons (Fsp3) is 0.696. The molecule has 0 aromatic heterocycles. The highest BCUT2D eigenvalue weighted by Crippen LogP contribution is 2.34. The zero-order valence-corrected chi connectivity index (χ0v) is 20.6. The molecule has 2 bridgehead atoms. The molecule has 0 radical (unpaired) electrons. The van der Waals surface area contributed by atoms with Crippen LogP contribution in [0, 0.1) is 0 Å². The number of fused-ring (bicyclic) bond motifs is 2. The van der Waals surface area contributed by atoms with Crippen molar-refractivity contribution < 1.29 is 9.47 Å². The van der Waals surface area contributed by atoms with E-state index in [1.54, 1.807) is 7.11 Å². The van der Waals surface area contributed by atoms with Gasteiger partial charge in [-0.05, 0) is 69.8 Å². The topological polar surface area (TPSA) is 58.1 Å². The molecule has 0 amide bonds. The number of ether oxygens (including phenoxy) is 2. The van der Waals surface area contributed by atoms with Gasteiger partial charge in [0, 0.05) is 6.54 Å². The second-order valence-electron chi connectivity index (χ2n) is 8.47. The van der Waals surface area contributed by atoms with Crippen LogP contribution in [0.25, 0.3) is 0 Å². The highest BCUT2D eigenvalue weighted by atomic mass is 127. The van der Waals surface area contributed by atoms with Gasteiger partial charge in [-0.25, -0.2) is 0 Å². The molecule has 3 heterocycles. The van der Waals surface area contributed by atoms with Crippen LogP contribution in [0.15, 0.2) is 29.3 Å². The van der Waals surface area contributed by atoms with Crippen molar-refractivity contribution in [1.82, 2.24) is 15.5 Å². The number of nitrogens with zero attached hydrogens (tertiary/aromatic N) is 2. The maximum atomic E-state index is 6.01. The van der Waals surface area contributed by atoms with Gasteiger partial charge in [0.2, 0.25) is 0 Å². The lowest BCUT2D eigenvalue weighted by atomic mass is 9.96. The van der Waals surface area contributed by atoms with Crippen molar-refractivity contribution in [2.45, 2.75) is 69.7 Å². The van der Waals surface area contributed by atoms with E-state index in [-0.39, 0.29) is 24.0 Å². The molecule has 4 rings (SSSR count). The van der Waals surface area contributed by atoms with Gasteiger partial charge in [-0.1, -0.05) is 18.6 Å². The number of benzene rings is 1. The Morgan fingerprint density at radius 1 is 1.20 bits per heavy atom. The van der Waals surface area contributed by atoms with Crippen LogP contribution in [0.3, 0.4) is 0 Å². The van der Waals surface area contributed by atoms with Crippen LogP contribution in [0.5, 0.6) is 5.75 Å². The zero-order chi connectivity index (χ0) is 20.1. The largest absolute Gasteiger partial charge is 0.497 e. The van der Waals surface area contributed by atoms with Crippen molar-refractivity contribution in [3.63, 3.8) is 0 Å². The van der Waals surface area contributed by atoms with Gasteiger partial charge in [-0.2, -0.15) is 0 Å². The number of guanidine groups is 1. The molecule has 0 spiro atoms. The highest BCUT2D eigenvalue weighted by molar-refractivity contribution is 14.0.